The van der Waals surface area contributed by atoms with Gasteiger partial charge in [-0.1, -0.05) is 11.6 Å². The van der Waals surface area contributed by atoms with Crippen molar-refractivity contribution >= 4 is 23.4 Å². The number of aromatic amines is 1. The average Bonchev–Trinajstić information content (AvgIpc) is 3.05. The first-order valence-electron chi connectivity index (χ1n) is 10.4. The van der Waals surface area contributed by atoms with Crippen molar-refractivity contribution in [3.05, 3.63) is 45.7 Å². The first-order valence-corrected chi connectivity index (χ1v) is 10.8. The predicted molar refractivity (Wildman–Crippen MR) is 116 cm³/mol. The van der Waals surface area contributed by atoms with Gasteiger partial charge in [0.25, 0.3) is 5.91 Å². The number of nitrogens with one attached hydrogen (secondary N) is 2. The molecule has 0 bridgehead atoms. The van der Waals surface area contributed by atoms with Crippen LogP contribution >= 0.6 is 11.6 Å². The predicted octanol–water partition coefficient (Wildman–Crippen LogP) is 3.43. The summed E-state index contributed by atoms with van der Waals surface area (Å²) >= 11 is 6.05. The van der Waals surface area contributed by atoms with Crippen LogP contribution in [0.5, 0.6) is 5.75 Å². The summed E-state index contributed by atoms with van der Waals surface area (Å²) in [7, 11) is 0. The van der Waals surface area contributed by atoms with Crippen LogP contribution in [0.2, 0.25) is 5.02 Å². The second-order valence-electron chi connectivity index (χ2n) is 7.60. The number of hydrogen-bond donors (Lipinski definition) is 2. The fraction of sp³-hybridized carbons (Fsp3) is 0.500. The number of amides is 2. The zero-order chi connectivity index (χ0) is 21.5. The van der Waals surface area contributed by atoms with E-state index in [4.69, 9.17) is 16.3 Å². The number of aryl methyl sites for hydroxylation is 2. The molecule has 1 aromatic heterocycles. The molecule has 0 atom stereocenters. The van der Waals surface area contributed by atoms with Crippen molar-refractivity contribution in [1.29, 1.82) is 0 Å². The van der Waals surface area contributed by atoms with E-state index in [1.54, 1.807) is 18.2 Å². The summed E-state index contributed by atoms with van der Waals surface area (Å²) in [5, 5.41) is 10.6. The van der Waals surface area contributed by atoms with E-state index in [1.807, 2.05) is 18.7 Å². The maximum atomic E-state index is 12.9. The summed E-state index contributed by atoms with van der Waals surface area (Å²) in [5.41, 5.74) is 3.54. The summed E-state index contributed by atoms with van der Waals surface area (Å²) in [4.78, 5) is 27.2. The molecule has 3 rings (SSSR count). The first kappa shape index (κ1) is 22.2. The number of hydrogen-bond acceptors (Lipinski definition) is 4. The van der Waals surface area contributed by atoms with Crippen molar-refractivity contribution in [2.75, 3.05) is 26.2 Å². The summed E-state index contributed by atoms with van der Waals surface area (Å²) in [6.07, 6.45) is 3.47. The number of H-pyrrole nitrogens is 1. The SMILES string of the molecule is Cc1n[nH]c(C)c1CCC(=O)N1CCCCNC(=O)c2cc(Cl)ccc2OCCC1. The van der Waals surface area contributed by atoms with E-state index in [2.05, 4.69) is 15.5 Å². The van der Waals surface area contributed by atoms with E-state index < -0.39 is 0 Å². The van der Waals surface area contributed by atoms with E-state index in [0.717, 1.165) is 29.8 Å². The Bertz CT molecular complexity index is 877. The van der Waals surface area contributed by atoms with Crippen LogP contribution < -0.4 is 10.1 Å². The highest BCUT2D eigenvalue weighted by Crippen LogP contribution is 2.23. The minimum Gasteiger partial charge on any atom is -0.493 e. The van der Waals surface area contributed by atoms with Gasteiger partial charge in [-0.2, -0.15) is 5.10 Å². The van der Waals surface area contributed by atoms with Crippen molar-refractivity contribution < 1.29 is 14.3 Å². The Morgan fingerprint density at radius 1 is 1.23 bits per heavy atom. The molecule has 7 nitrogen and oxygen atoms in total. The van der Waals surface area contributed by atoms with Gasteiger partial charge in [0.15, 0.2) is 0 Å². The number of rotatable bonds is 3. The number of carbonyl (C=O) groups is 2. The van der Waals surface area contributed by atoms with Crippen LogP contribution in [0.3, 0.4) is 0 Å². The molecule has 2 heterocycles. The highest BCUT2D eigenvalue weighted by atomic mass is 35.5. The minimum atomic E-state index is -0.189. The maximum absolute atomic E-state index is 12.9. The lowest BCUT2D eigenvalue weighted by Crippen LogP contribution is -2.34. The molecule has 2 amide bonds. The lowest BCUT2D eigenvalue weighted by molar-refractivity contribution is -0.131. The molecule has 30 heavy (non-hydrogen) atoms. The van der Waals surface area contributed by atoms with Gasteiger partial charge in [-0.3, -0.25) is 14.7 Å². The molecule has 0 spiro atoms. The average molecular weight is 433 g/mol. The molecule has 0 unspecified atom stereocenters. The van der Waals surface area contributed by atoms with Crippen LogP contribution in [0.1, 0.15) is 53.0 Å². The van der Waals surface area contributed by atoms with Gasteiger partial charge >= 0.3 is 0 Å². The molecular formula is C22H29ClN4O3. The largest absolute Gasteiger partial charge is 0.493 e. The van der Waals surface area contributed by atoms with Gasteiger partial charge < -0.3 is 15.0 Å². The lowest BCUT2D eigenvalue weighted by atomic mass is 10.1. The molecule has 1 aliphatic heterocycles. The Balaban J connectivity index is 1.62. The quantitative estimate of drug-likeness (QED) is 0.777. The van der Waals surface area contributed by atoms with Crippen molar-refractivity contribution in [1.82, 2.24) is 20.4 Å². The molecule has 8 heteroatoms. The molecule has 2 aromatic rings. The normalized spacial score (nSPS) is 15.8. The van der Waals surface area contributed by atoms with Crippen LogP contribution in [0.25, 0.3) is 0 Å². The Hall–Kier alpha value is -2.54. The number of carbonyl (C=O) groups excluding carboxylic acids is 2. The van der Waals surface area contributed by atoms with Gasteiger partial charge in [-0.15, -0.1) is 0 Å². The third-order valence-electron chi connectivity index (χ3n) is 5.38. The third kappa shape index (κ3) is 5.75. The summed E-state index contributed by atoms with van der Waals surface area (Å²) in [6, 6.07) is 5.05. The van der Waals surface area contributed by atoms with Gasteiger partial charge in [0.2, 0.25) is 5.91 Å². The van der Waals surface area contributed by atoms with Crippen LogP contribution in [0.15, 0.2) is 18.2 Å². The van der Waals surface area contributed by atoms with E-state index in [0.29, 0.717) is 61.8 Å². The second kappa shape index (κ2) is 10.5. The molecule has 1 aliphatic rings. The number of halogens is 1. The van der Waals surface area contributed by atoms with Crippen molar-refractivity contribution in [2.24, 2.45) is 0 Å². The van der Waals surface area contributed by atoms with Gasteiger partial charge in [0, 0.05) is 36.8 Å². The van der Waals surface area contributed by atoms with Crippen LogP contribution in [0.4, 0.5) is 0 Å². The zero-order valence-corrected chi connectivity index (χ0v) is 18.3. The molecule has 0 radical (unpaired) electrons. The molecule has 162 valence electrons. The van der Waals surface area contributed by atoms with Crippen LogP contribution in [-0.4, -0.2) is 53.2 Å². The van der Waals surface area contributed by atoms with Crippen molar-refractivity contribution in [3.8, 4) is 5.75 Å². The smallest absolute Gasteiger partial charge is 0.255 e. The lowest BCUT2D eigenvalue weighted by Gasteiger charge is -2.23. The van der Waals surface area contributed by atoms with E-state index in [9.17, 15) is 9.59 Å². The molecule has 0 saturated heterocycles. The number of aromatic nitrogens is 2. The molecular weight excluding hydrogens is 404 g/mol. The number of nitrogens with zero attached hydrogens (tertiary/aromatic N) is 2. The Kier molecular flexibility index (Phi) is 7.74. The Labute approximate surface area is 182 Å². The summed E-state index contributed by atoms with van der Waals surface area (Å²) in [5.74, 6) is 0.464. The molecule has 2 N–H and O–H groups in total. The Morgan fingerprint density at radius 2 is 2.03 bits per heavy atom. The molecule has 1 aromatic carbocycles. The van der Waals surface area contributed by atoms with Crippen molar-refractivity contribution in [3.63, 3.8) is 0 Å². The number of ether oxygens (including phenoxy) is 1. The van der Waals surface area contributed by atoms with E-state index >= 15 is 0 Å². The van der Waals surface area contributed by atoms with Crippen LogP contribution in [0, 0.1) is 13.8 Å². The fourth-order valence-corrected chi connectivity index (χ4v) is 3.83. The Morgan fingerprint density at radius 3 is 2.80 bits per heavy atom. The molecule has 0 aliphatic carbocycles. The summed E-state index contributed by atoms with van der Waals surface area (Å²) in [6.45, 7) is 6.21. The highest BCUT2D eigenvalue weighted by Gasteiger charge is 2.17. The van der Waals surface area contributed by atoms with Crippen molar-refractivity contribution in [2.45, 2.75) is 46.0 Å². The van der Waals surface area contributed by atoms with E-state index in [1.165, 1.54) is 0 Å². The second-order valence-corrected chi connectivity index (χ2v) is 8.04. The topological polar surface area (TPSA) is 87.3 Å². The van der Waals surface area contributed by atoms with Gasteiger partial charge in [0.05, 0.1) is 17.9 Å². The highest BCUT2D eigenvalue weighted by molar-refractivity contribution is 6.31. The van der Waals surface area contributed by atoms with Gasteiger partial charge in [0.1, 0.15) is 5.75 Å². The maximum Gasteiger partial charge on any atom is 0.255 e. The van der Waals surface area contributed by atoms with Crippen LogP contribution in [-0.2, 0) is 11.2 Å². The zero-order valence-electron chi connectivity index (χ0n) is 17.6. The minimum absolute atomic E-state index is 0.140. The van der Waals surface area contributed by atoms with E-state index in [-0.39, 0.29) is 11.8 Å². The molecule has 0 saturated carbocycles. The third-order valence-corrected chi connectivity index (χ3v) is 5.61. The van der Waals surface area contributed by atoms with Gasteiger partial charge in [-0.05, 0) is 63.3 Å². The summed E-state index contributed by atoms with van der Waals surface area (Å²) < 4.78 is 5.84. The molecule has 0 fully saturated rings. The van der Waals surface area contributed by atoms with Gasteiger partial charge in [-0.25, -0.2) is 0 Å². The fourth-order valence-electron chi connectivity index (χ4n) is 3.66. The first-order chi connectivity index (χ1) is 14.5. The number of fused-ring (bicyclic) bond motifs is 1. The number of benzene rings is 1. The standard InChI is InChI=1S/C22H29ClN4O3/c1-15-18(16(2)26-25-15)7-9-21(28)27-11-4-3-10-24-22(29)19-14-17(23)6-8-20(19)30-13-5-12-27/h6,8,14H,3-5,7,9-13H2,1-2H3,(H,24,29)(H,25,26). The monoisotopic (exact) mass is 432 g/mol.